The smallest absolute Gasteiger partial charge is 0.0765 e. The first kappa shape index (κ1) is 6.63. The molecule has 7 heavy (non-hydrogen) atoms. The normalized spacial score (nSPS) is 9.86. The molecule has 0 amide bonds. The van der Waals surface area contributed by atoms with Crippen LogP contribution in [-0.4, -0.2) is 4.99 Å². The maximum Gasteiger partial charge on any atom is 0.0765 e. The minimum atomic E-state index is 0.554. The van der Waals surface area contributed by atoms with Crippen LogP contribution in [0.1, 0.15) is 13.3 Å². The van der Waals surface area contributed by atoms with Gasteiger partial charge in [-0.1, -0.05) is 24.4 Å². The Labute approximate surface area is 49.2 Å². The predicted molar refractivity (Wildman–Crippen MR) is 36.2 cm³/mol. The highest BCUT2D eigenvalue weighted by Gasteiger charge is 1.76. The van der Waals surface area contributed by atoms with Gasteiger partial charge in [-0.05, 0) is 6.92 Å². The van der Waals surface area contributed by atoms with Gasteiger partial charge < -0.3 is 5.73 Å². The van der Waals surface area contributed by atoms with Gasteiger partial charge in [0.15, 0.2) is 0 Å². The van der Waals surface area contributed by atoms with Crippen LogP contribution in [0.4, 0.5) is 0 Å². The summed E-state index contributed by atoms with van der Waals surface area (Å²) in [4.78, 5) is 0.554. The molecule has 0 aromatic heterocycles. The van der Waals surface area contributed by atoms with Crippen LogP contribution in [0.3, 0.4) is 0 Å². The molecule has 2 heteroatoms. The molecule has 0 unspecified atom stereocenters. The van der Waals surface area contributed by atoms with Crippen molar-refractivity contribution in [2.45, 2.75) is 13.3 Å². The van der Waals surface area contributed by atoms with Crippen molar-refractivity contribution in [2.75, 3.05) is 0 Å². The molecule has 0 atom stereocenters. The fourth-order valence-corrected chi connectivity index (χ4v) is 0.330. The van der Waals surface area contributed by atoms with E-state index >= 15 is 0 Å². The Balaban J connectivity index is 3.14. The topological polar surface area (TPSA) is 26.0 Å². The number of nitrogens with two attached hydrogens (primary N) is 1. The fourth-order valence-electron chi connectivity index (χ4n) is 0.234. The Bertz CT molecular complexity index is 86.1. The van der Waals surface area contributed by atoms with Crippen LogP contribution in [0.5, 0.6) is 0 Å². The standard InChI is InChI=1S/C5H9NS/c1-2-3-4-5(6)7/h2-3H,4H2,1H3,(H2,6,7). The summed E-state index contributed by atoms with van der Waals surface area (Å²) in [6.45, 7) is 1.94. The van der Waals surface area contributed by atoms with Crippen LogP contribution in [0, 0.1) is 0 Å². The molecule has 0 rings (SSSR count). The Kier molecular flexibility index (Phi) is 3.61. The summed E-state index contributed by atoms with van der Waals surface area (Å²) in [5.74, 6) is 0. The van der Waals surface area contributed by atoms with Crippen molar-refractivity contribution in [3.8, 4) is 0 Å². The first-order valence-electron chi connectivity index (χ1n) is 2.17. The molecule has 0 saturated heterocycles. The Morgan fingerprint density at radius 3 is 2.57 bits per heavy atom. The van der Waals surface area contributed by atoms with E-state index in [-0.39, 0.29) is 0 Å². The van der Waals surface area contributed by atoms with E-state index in [1.165, 1.54) is 0 Å². The molecule has 0 aliphatic heterocycles. The lowest BCUT2D eigenvalue weighted by Crippen LogP contribution is -2.04. The maximum atomic E-state index is 5.16. The fraction of sp³-hybridized carbons (Fsp3) is 0.400. The Hall–Kier alpha value is -0.370. The predicted octanol–water partition coefficient (Wildman–Crippen LogP) is 1.24. The second-order valence-electron chi connectivity index (χ2n) is 1.24. The molecule has 0 spiro atoms. The lowest BCUT2D eigenvalue weighted by atomic mass is 10.4. The van der Waals surface area contributed by atoms with Crippen molar-refractivity contribution in [3.63, 3.8) is 0 Å². The number of allylic oxidation sites excluding steroid dienone is 1. The van der Waals surface area contributed by atoms with Gasteiger partial charge in [0.05, 0.1) is 4.99 Å². The Morgan fingerprint density at radius 1 is 1.86 bits per heavy atom. The molecule has 0 aliphatic carbocycles. The van der Waals surface area contributed by atoms with E-state index in [1.807, 2.05) is 19.1 Å². The molecular weight excluding hydrogens is 106 g/mol. The molecule has 0 aliphatic rings. The van der Waals surface area contributed by atoms with Gasteiger partial charge in [0.2, 0.25) is 0 Å². The Morgan fingerprint density at radius 2 is 2.43 bits per heavy atom. The van der Waals surface area contributed by atoms with Crippen LogP contribution in [0.15, 0.2) is 12.2 Å². The van der Waals surface area contributed by atoms with Crippen molar-refractivity contribution < 1.29 is 0 Å². The summed E-state index contributed by atoms with van der Waals surface area (Å²) in [5, 5.41) is 0. The molecule has 0 heterocycles. The zero-order valence-corrected chi connectivity index (χ0v) is 5.16. The first-order valence-corrected chi connectivity index (χ1v) is 2.57. The lowest BCUT2D eigenvalue weighted by Gasteiger charge is -1.83. The van der Waals surface area contributed by atoms with Crippen molar-refractivity contribution in [1.29, 1.82) is 0 Å². The lowest BCUT2D eigenvalue weighted by molar-refractivity contribution is 1.45. The van der Waals surface area contributed by atoms with Crippen molar-refractivity contribution in [2.24, 2.45) is 5.73 Å². The van der Waals surface area contributed by atoms with E-state index in [0.29, 0.717) is 4.99 Å². The van der Waals surface area contributed by atoms with Crippen LogP contribution in [-0.2, 0) is 0 Å². The summed E-state index contributed by atoms with van der Waals surface area (Å²) in [6.07, 6.45) is 4.59. The van der Waals surface area contributed by atoms with Crippen LogP contribution in [0.25, 0.3) is 0 Å². The van der Waals surface area contributed by atoms with Crippen LogP contribution < -0.4 is 5.73 Å². The third kappa shape index (κ3) is 5.63. The number of thiocarbonyl (C=S) groups is 1. The van der Waals surface area contributed by atoms with Crippen molar-refractivity contribution in [1.82, 2.24) is 0 Å². The van der Waals surface area contributed by atoms with Gasteiger partial charge in [0.1, 0.15) is 0 Å². The van der Waals surface area contributed by atoms with Crippen molar-refractivity contribution in [3.05, 3.63) is 12.2 Å². The minimum absolute atomic E-state index is 0.554. The van der Waals surface area contributed by atoms with Crippen LogP contribution >= 0.6 is 12.2 Å². The summed E-state index contributed by atoms with van der Waals surface area (Å²) >= 11 is 4.59. The zero-order chi connectivity index (χ0) is 5.70. The molecular formula is C5H9NS. The quantitative estimate of drug-likeness (QED) is 0.433. The molecule has 0 radical (unpaired) electrons. The van der Waals surface area contributed by atoms with Gasteiger partial charge in [-0.15, -0.1) is 0 Å². The second kappa shape index (κ2) is 3.81. The highest BCUT2D eigenvalue weighted by atomic mass is 32.1. The van der Waals surface area contributed by atoms with E-state index in [4.69, 9.17) is 5.73 Å². The number of hydrogen-bond acceptors (Lipinski definition) is 1. The summed E-state index contributed by atoms with van der Waals surface area (Å²) < 4.78 is 0. The van der Waals surface area contributed by atoms with E-state index < -0.39 is 0 Å². The SMILES string of the molecule is CC=CCC(N)=S. The molecule has 40 valence electrons. The molecule has 0 fully saturated rings. The third-order valence-electron chi connectivity index (χ3n) is 0.555. The largest absolute Gasteiger partial charge is 0.393 e. The van der Waals surface area contributed by atoms with Gasteiger partial charge >= 0.3 is 0 Å². The second-order valence-corrected chi connectivity index (χ2v) is 1.76. The first-order chi connectivity index (χ1) is 3.27. The number of hydrogen-bond donors (Lipinski definition) is 1. The minimum Gasteiger partial charge on any atom is -0.393 e. The molecule has 1 nitrogen and oxygen atoms in total. The molecule has 0 aromatic rings. The highest BCUT2D eigenvalue weighted by molar-refractivity contribution is 7.80. The zero-order valence-electron chi connectivity index (χ0n) is 4.35. The average Bonchev–Trinajstić information content (AvgIpc) is 1.61. The van der Waals surface area contributed by atoms with E-state index in [1.54, 1.807) is 0 Å². The van der Waals surface area contributed by atoms with Gasteiger partial charge in [0.25, 0.3) is 0 Å². The summed E-state index contributed by atoms with van der Waals surface area (Å²) in [6, 6.07) is 0. The average molecular weight is 115 g/mol. The van der Waals surface area contributed by atoms with E-state index in [9.17, 15) is 0 Å². The van der Waals surface area contributed by atoms with E-state index in [0.717, 1.165) is 6.42 Å². The number of rotatable bonds is 2. The van der Waals surface area contributed by atoms with Gasteiger partial charge in [-0.2, -0.15) is 0 Å². The van der Waals surface area contributed by atoms with Gasteiger partial charge in [-0.3, -0.25) is 0 Å². The third-order valence-corrected chi connectivity index (χ3v) is 0.721. The van der Waals surface area contributed by atoms with Crippen LogP contribution in [0.2, 0.25) is 0 Å². The monoisotopic (exact) mass is 115 g/mol. The van der Waals surface area contributed by atoms with E-state index in [2.05, 4.69) is 12.2 Å². The molecule has 0 bridgehead atoms. The molecule has 0 aromatic carbocycles. The molecule has 0 saturated carbocycles. The maximum absolute atomic E-state index is 5.16. The van der Waals surface area contributed by atoms with Gasteiger partial charge in [-0.25, -0.2) is 0 Å². The summed E-state index contributed by atoms with van der Waals surface area (Å²) in [5.41, 5.74) is 5.16. The van der Waals surface area contributed by atoms with Crippen molar-refractivity contribution >= 4 is 17.2 Å². The molecule has 2 N–H and O–H groups in total. The van der Waals surface area contributed by atoms with Gasteiger partial charge in [0, 0.05) is 6.42 Å². The highest BCUT2D eigenvalue weighted by Crippen LogP contribution is 1.80. The summed E-state index contributed by atoms with van der Waals surface area (Å²) in [7, 11) is 0.